The standard InChI is InChI=1S/C13H16N2O/c1-4-5-11(14)13(16)15-12-8-9(2)6-7-10(12)3/h1,6-8,11H,5,14H2,2-3H3,(H,15,16). The van der Waals surface area contributed by atoms with Crippen molar-refractivity contribution in [2.24, 2.45) is 5.73 Å². The zero-order valence-electron chi connectivity index (χ0n) is 9.58. The Labute approximate surface area is 96.0 Å². The number of nitrogens with one attached hydrogen (secondary N) is 1. The molecule has 1 amide bonds. The van der Waals surface area contributed by atoms with E-state index in [1.165, 1.54) is 0 Å². The molecule has 0 heterocycles. The first-order chi connectivity index (χ1) is 7.54. The van der Waals surface area contributed by atoms with Gasteiger partial charge in [-0.05, 0) is 31.0 Å². The van der Waals surface area contributed by atoms with Crippen LogP contribution in [0.5, 0.6) is 0 Å². The Morgan fingerprint density at radius 1 is 1.56 bits per heavy atom. The van der Waals surface area contributed by atoms with Gasteiger partial charge in [-0.1, -0.05) is 12.1 Å². The van der Waals surface area contributed by atoms with E-state index in [2.05, 4.69) is 11.2 Å². The van der Waals surface area contributed by atoms with E-state index in [-0.39, 0.29) is 12.3 Å². The minimum absolute atomic E-state index is 0.244. The second kappa shape index (κ2) is 5.34. The van der Waals surface area contributed by atoms with Crippen LogP contribution in [-0.2, 0) is 4.79 Å². The Morgan fingerprint density at radius 3 is 2.88 bits per heavy atom. The maximum absolute atomic E-state index is 11.6. The summed E-state index contributed by atoms with van der Waals surface area (Å²) in [6, 6.07) is 5.21. The van der Waals surface area contributed by atoms with Crippen LogP contribution in [0.2, 0.25) is 0 Å². The SMILES string of the molecule is C#CCC(N)C(=O)Nc1cc(C)ccc1C. The summed E-state index contributed by atoms with van der Waals surface area (Å²) in [7, 11) is 0. The van der Waals surface area contributed by atoms with Gasteiger partial charge >= 0.3 is 0 Å². The number of hydrogen-bond acceptors (Lipinski definition) is 2. The molecule has 0 aromatic heterocycles. The average molecular weight is 216 g/mol. The molecule has 1 rings (SSSR count). The lowest BCUT2D eigenvalue weighted by atomic mass is 10.1. The highest BCUT2D eigenvalue weighted by molar-refractivity contribution is 5.95. The van der Waals surface area contributed by atoms with E-state index in [0.717, 1.165) is 16.8 Å². The minimum atomic E-state index is -0.648. The van der Waals surface area contributed by atoms with Gasteiger partial charge in [0, 0.05) is 12.1 Å². The molecule has 0 aliphatic carbocycles. The second-order valence-corrected chi connectivity index (χ2v) is 3.82. The average Bonchev–Trinajstić information content (AvgIpc) is 2.23. The molecule has 3 heteroatoms. The van der Waals surface area contributed by atoms with Gasteiger partial charge in [0.25, 0.3) is 0 Å². The molecular formula is C13H16N2O. The van der Waals surface area contributed by atoms with Crippen molar-refractivity contribution in [3.63, 3.8) is 0 Å². The topological polar surface area (TPSA) is 55.1 Å². The maximum Gasteiger partial charge on any atom is 0.242 e. The van der Waals surface area contributed by atoms with Crippen molar-refractivity contribution >= 4 is 11.6 Å². The zero-order chi connectivity index (χ0) is 12.1. The summed E-state index contributed by atoms with van der Waals surface area (Å²) in [6.07, 6.45) is 5.35. The number of carbonyl (C=O) groups is 1. The van der Waals surface area contributed by atoms with Crippen LogP contribution in [0.25, 0.3) is 0 Å². The highest BCUT2D eigenvalue weighted by atomic mass is 16.2. The van der Waals surface area contributed by atoms with E-state index in [4.69, 9.17) is 12.2 Å². The third-order valence-electron chi connectivity index (χ3n) is 2.33. The molecule has 0 saturated carbocycles. The molecule has 0 radical (unpaired) electrons. The highest BCUT2D eigenvalue weighted by Crippen LogP contribution is 2.16. The van der Waals surface area contributed by atoms with Crippen molar-refractivity contribution in [1.82, 2.24) is 0 Å². The summed E-state index contributed by atoms with van der Waals surface area (Å²) in [5.74, 6) is 2.13. The van der Waals surface area contributed by atoms with Crippen molar-refractivity contribution in [1.29, 1.82) is 0 Å². The predicted octanol–water partition coefficient (Wildman–Crippen LogP) is 1.59. The summed E-state index contributed by atoms with van der Waals surface area (Å²) in [5, 5.41) is 2.78. The van der Waals surface area contributed by atoms with Crippen molar-refractivity contribution in [2.45, 2.75) is 26.3 Å². The molecule has 1 atom stereocenters. The van der Waals surface area contributed by atoms with Crippen LogP contribution in [0.15, 0.2) is 18.2 Å². The van der Waals surface area contributed by atoms with Gasteiger partial charge in [0.1, 0.15) is 0 Å². The lowest BCUT2D eigenvalue weighted by Gasteiger charge is -2.12. The smallest absolute Gasteiger partial charge is 0.242 e. The Balaban J connectivity index is 2.77. The molecule has 1 aromatic carbocycles. The van der Waals surface area contributed by atoms with Gasteiger partial charge in [-0.2, -0.15) is 0 Å². The Hall–Kier alpha value is -1.79. The second-order valence-electron chi connectivity index (χ2n) is 3.82. The normalized spacial score (nSPS) is 11.6. The molecule has 3 nitrogen and oxygen atoms in total. The summed E-state index contributed by atoms with van der Waals surface area (Å²) >= 11 is 0. The van der Waals surface area contributed by atoms with E-state index in [9.17, 15) is 4.79 Å². The molecule has 0 bridgehead atoms. The van der Waals surface area contributed by atoms with Gasteiger partial charge in [0.2, 0.25) is 5.91 Å². The molecule has 0 saturated heterocycles. The number of nitrogens with two attached hydrogens (primary N) is 1. The van der Waals surface area contributed by atoms with E-state index >= 15 is 0 Å². The zero-order valence-corrected chi connectivity index (χ0v) is 9.58. The number of anilines is 1. The number of terminal acetylenes is 1. The molecule has 0 aliphatic heterocycles. The van der Waals surface area contributed by atoms with Crippen LogP contribution >= 0.6 is 0 Å². The largest absolute Gasteiger partial charge is 0.324 e. The van der Waals surface area contributed by atoms with Crippen LogP contribution in [-0.4, -0.2) is 11.9 Å². The van der Waals surface area contributed by atoms with Gasteiger partial charge in [0.15, 0.2) is 0 Å². The van der Waals surface area contributed by atoms with E-state index in [1.807, 2.05) is 32.0 Å². The number of benzene rings is 1. The van der Waals surface area contributed by atoms with Crippen LogP contribution in [0.1, 0.15) is 17.5 Å². The predicted molar refractivity (Wildman–Crippen MR) is 66.0 cm³/mol. The van der Waals surface area contributed by atoms with E-state index < -0.39 is 6.04 Å². The molecule has 16 heavy (non-hydrogen) atoms. The molecule has 84 valence electrons. The van der Waals surface area contributed by atoms with Crippen molar-refractivity contribution in [2.75, 3.05) is 5.32 Å². The van der Waals surface area contributed by atoms with Gasteiger partial charge in [-0.25, -0.2) is 0 Å². The molecule has 0 aliphatic rings. The molecule has 3 N–H and O–H groups in total. The minimum Gasteiger partial charge on any atom is -0.324 e. The number of carbonyl (C=O) groups excluding carboxylic acids is 1. The fourth-order valence-corrected chi connectivity index (χ4v) is 1.32. The molecule has 1 unspecified atom stereocenters. The Bertz CT molecular complexity index is 432. The van der Waals surface area contributed by atoms with Crippen LogP contribution in [0, 0.1) is 26.2 Å². The summed E-state index contributed by atoms with van der Waals surface area (Å²) in [4.78, 5) is 11.6. The third-order valence-corrected chi connectivity index (χ3v) is 2.33. The quantitative estimate of drug-likeness (QED) is 0.754. The van der Waals surface area contributed by atoms with Crippen molar-refractivity contribution in [3.05, 3.63) is 29.3 Å². The summed E-state index contributed by atoms with van der Waals surface area (Å²) < 4.78 is 0. The monoisotopic (exact) mass is 216 g/mol. The molecule has 1 aromatic rings. The number of amides is 1. The van der Waals surface area contributed by atoms with Crippen LogP contribution < -0.4 is 11.1 Å². The lowest BCUT2D eigenvalue weighted by Crippen LogP contribution is -2.35. The van der Waals surface area contributed by atoms with Crippen molar-refractivity contribution < 1.29 is 4.79 Å². The highest BCUT2D eigenvalue weighted by Gasteiger charge is 2.12. The van der Waals surface area contributed by atoms with Gasteiger partial charge in [-0.3, -0.25) is 4.79 Å². The van der Waals surface area contributed by atoms with Gasteiger partial charge < -0.3 is 11.1 Å². The lowest BCUT2D eigenvalue weighted by molar-refractivity contribution is -0.117. The number of rotatable bonds is 3. The van der Waals surface area contributed by atoms with Gasteiger partial charge in [0.05, 0.1) is 6.04 Å². The first-order valence-electron chi connectivity index (χ1n) is 5.11. The van der Waals surface area contributed by atoms with E-state index in [0.29, 0.717) is 0 Å². The van der Waals surface area contributed by atoms with Gasteiger partial charge in [-0.15, -0.1) is 12.3 Å². The van der Waals surface area contributed by atoms with E-state index in [1.54, 1.807) is 0 Å². The first-order valence-corrected chi connectivity index (χ1v) is 5.11. The maximum atomic E-state index is 11.6. The molecule has 0 spiro atoms. The van der Waals surface area contributed by atoms with Crippen LogP contribution in [0.3, 0.4) is 0 Å². The number of hydrogen-bond donors (Lipinski definition) is 2. The molecule has 0 fully saturated rings. The van der Waals surface area contributed by atoms with Crippen LogP contribution in [0.4, 0.5) is 5.69 Å². The van der Waals surface area contributed by atoms with Crippen molar-refractivity contribution in [3.8, 4) is 12.3 Å². The first kappa shape index (κ1) is 12.3. The summed E-state index contributed by atoms with van der Waals surface area (Å²) in [6.45, 7) is 3.90. The fourth-order valence-electron chi connectivity index (χ4n) is 1.32. The third kappa shape index (κ3) is 3.11. The fraction of sp³-hybridized carbons (Fsp3) is 0.308. The number of aryl methyl sites for hydroxylation is 2. The Morgan fingerprint density at radius 2 is 2.25 bits per heavy atom. The Kier molecular flexibility index (Phi) is 4.10. The summed E-state index contributed by atoms with van der Waals surface area (Å²) in [5.41, 5.74) is 8.49. The molecular weight excluding hydrogens is 200 g/mol.